The summed E-state index contributed by atoms with van der Waals surface area (Å²) in [6, 6.07) is 8.52. The van der Waals surface area contributed by atoms with E-state index in [1.54, 1.807) is 0 Å². The van der Waals surface area contributed by atoms with Gasteiger partial charge in [0.15, 0.2) is 11.6 Å². The minimum atomic E-state index is -0.201. The highest BCUT2D eigenvalue weighted by Gasteiger charge is 2.30. The molecule has 1 N–H and O–H groups in total. The molecule has 1 aliphatic carbocycles. The molecular formula is C19H21N3O3. The van der Waals surface area contributed by atoms with Gasteiger partial charge in [-0.2, -0.15) is 0 Å². The molecule has 25 heavy (non-hydrogen) atoms. The molecule has 2 amide bonds. The molecule has 6 heteroatoms. The fourth-order valence-corrected chi connectivity index (χ4v) is 3.25. The van der Waals surface area contributed by atoms with E-state index in [0.717, 1.165) is 12.8 Å². The van der Waals surface area contributed by atoms with Gasteiger partial charge in [0.1, 0.15) is 6.26 Å². The minimum absolute atomic E-state index is 0.0749. The molecule has 1 aromatic carbocycles. The number of benzene rings is 1. The van der Waals surface area contributed by atoms with Crippen LogP contribution in [0.2, 0.25) is 0 Å². The third kappa shape index (κ3) is 3.29. The number of carbonyl (C=O) groups is 2. The molecule has 1 fully saturated rings. The van der Waals surface area contributed by atoms with E-state index in [2.05, 4.69) is 29.4 Å². The fraction of sp³-hybridized carbons (Fsp3) is 0.421. The number of nitrogens with one attached hydrogen (secondary N) is 1. The lowest BCUT2D eigenvalue weighted by Crippen LogP contribution is -2.28. The Balaban J connectivity index is 1.33. The van der Waals surface area contributed by atoms with Crippen LogP contribution in [0.4, 0.5) is 0 Å². The zero-order chi connectivity index (χ0) is 17.4. The molecule has 0 saturated heterocycles. The molecule has 4 rings (SSSR count). The summed E-state index contributed by atoms with van der Waals surface area (Å²) >= 11 is 0. The number of rotatable bonds is 5. The van der Waals surface area contributed by atoms with Crippen LogP contribution in [0.1, 0.15) is 59.7 Å². The van der Waals surface area contributed by atoms with E-state index in [1.165, 1.54) is 17.4 Å². The van der Waals surface area contributed by atoms with Crippen LogP contribution in [-0.4, -0.2) is 27.7 Å². The molecular weight excluding hydrogens is 318 g/mol. The Bertz CT molecular complexity index is 810. The highest BCUT2D eigenvalue weighted by atomic mass is 16.3. The summed E-state index contributed by atoms with van der Waals surface area (Å²) in [4.78, 5) is 30.6. The van der Waals surface area contributed by atoms with Gasteiger partial charge in [-0.25, -0.2) is 4.98 Å². The zero-order valence-electron chi connectivity index (χ0n) is 14.2. The topological polar surface area (TPSA) is 75.4 Å². The normalized spacial score (nSPS) is 18.9. The third-order valence-corrected chi connectivity index (χ3v) is 4.88. The molecule has 1 aliphatic heterocycles. The van der Waals surface area contributed by atoms with Crippen molar-refractivity contribution in [3.63, 3.8) is 0 Å². The summed E-state index contributed by atoms with van der Waals surface area (Å²) in [5.74, 6) is 0.303. The van der Waals surface area contributed by atoms with Gasteiger partial charge in [-0.15, -0.1) is 0 Å². The lowest BCUT2D eigenvalue weighted by molar-refractivity contribution is -0.133. The second-order valence-electron chi connectivity index (χ2n) is 6.77. The highest BCUT2D eigenvalue weighted by Crippen LogP contribution is 2.33. The Labute approximate surface area is 146 Å². The number of fused-ring (bicyclic) bond motifs is 1. The molecule has 2 aliphatic rings. The zero-order valence-corrected chi connectivity index (χ0v) is 14.2. The standard InChI is InChI=1S/C19H21N3O3/c1-12-15-5-3-2-4-13(15)10-22(12)18(23)9-8-17-21-16(11-25-17)19(24)20-14-6-7-14/h2-5,11-12,14H,6-10H2,1H3,(H,20,24). The molecule has 6 nitrogen and oxygen atoms in total. The van der Waals surface area contributed by atoms with E-state index >= 15 is 0 Å². The van der Waals surface area contributed by atoms with Crippen LogP contribution in [-0.2, 0) is 17.8 Å². The Kier molecular flexibility index (Phi) is 4.03. The average molecular weight is 339 g/mol. The molecule has 1 aromatic heterocycles. The van der Waals surface area contributed by atoms with Gasteiger partial charge < -0.3 is 14.6 Å². The number of aryl methyl sites for hydroxylation is 1. The SMILES string of the molecule is CC1c2ccccc2CN1C(=O)CCc1nc(C(=O)NC2CC2)co1. The van der Waals surface area contributed by atoms with Gasteiger partial charge in [0.25, 0.3) is 5.91 Å². The summed E-state index contributed by atoms with van der Waals surface area (Å²) in [7, 11) is 0. The summed E-state index contributed by atoms with van der Waals surface area (Å²) in [6.45, 7) is 2.70. The summed E-state index contributed by atoms with van der Waals surface area (Å²) in [5, 5.41) is 2.87. The molecule has 2 heterocycles. The first-order chi connectivity index (χ1) is 12.1. The average Bonchev–Trinajstić information content (AvgIpc) is 3.19. The maximum absolute atomic E-state index is 12.6. The van der Waals surface area contributed by atoms with E-state index in [-0.39, 0.29) is 29.6 Å². The van der Waals surface area contributed by atoms with Crippen molar-refractivity contribution in [2.75, 3.05) is 0 Å². The Morgan fingerprint density at radius 1 is 1.32 bits per heavy atom. The van der Waals surface area contributed by atoms with Crippen molar-refractivity contribution in [3.8, 4) is 0 Å². The van der Waals surface area contributed by atoms with Gasteiger partial charge in [0.2, 0.25) is 5.91 Å². The summed E-state index contributed by atoms with van der Waals surface area (Å²) in [5.41, 5.74) is 2.71. The molecule has 0 radical (unpaired) electrons. The molecule has 1 saturated carbocycles. The fourth-order valence-electron chi connectivity index (χ4n) is 3.25. The highest BCUT2D eigenvalue weighted by molar-refractivity contribution is 5.92. The molecule has 2 aromatic rings. The Morgan fingerprint density at radius 3 is 2.88 bits per heavy atom. The molecule has 1 unspecified atom stereocenters. The maximum atomic E-state index is 12.6. The van der Waals surface area contributed by atoms with Crippen LogP contribution in [0.15, 0.2) is 34.9 Å². The van der Waals surface area contributed by atoms with Crippen LogP contribution >= 0.6 is 0 Å². The predicted molar refractivity (Wildman–Crippen MR) is 90.7 cm³/mol. The molecule has 130 valence electrons. The lowest BCUT2D eigenvalue weighted by Gasteiger charge is -2.21. The van der Waals surface area contributed by atoms with E-state index in [4.69, 9.17) is 4.42 Å². The van der Waals surface area contributed by atoms with Gasteiger partial charge in [0.05, 0.1) is 6.04 Å². The molecule has 0 spiro atoms. The number of oxazole rings is 1. The van der Waals surface area contributed by atoms with E-state index in [9.17, 15) is 9.59 Å². The third-order valence-electron chi connectivity index (χ3n) is 4.88. The number of amides is 2. The first-order valence-corrected chi connectivity index (χ1v) is 8.74. The van der Waals surface area contributed by atoms with Gasteiger partial charge in [-0.3, -0.25) is 9.59 Å². The smallest absolute Gasteiger partial charge is 0.273 e. The van der Waals surface area contributed by atoms with Gasteiger partial charge in [0, 0.05) is 25.4 Å². The maximum Gasteiger partial charge on any atom is 0.273 e. The van der Waals surface area contributed by atoms with Crippen molar-refractivity contribution >= 4 is 11.8 Å². The first-order valence-electron chi connectivity index (χ1n) is 8.74. The number of nitrogens with zero attached hydrogens (tertiary/aromatic N) is 2. The van der Waals surface area contributed by atoms with Gasteiger partial charge in [-0.1, -0.05) is 24.3 Å². The second kappa shape index (κ2) is 6.35. The monoisotopic (exact) mass is 339 g/mol. The second-order valence-corrected chi connectivity index (χ2v) is 6.77. The molecule has 0 bridgehead atoms. The van der Waals surface area contributed by atoms with Crippen molar-refractivity contribution in [1.29, 1.82) is 0 Å². The van der Waals surface area contributed by atoms with Crippen molar-refractivity contribution in [2.45, 2.75) is 51.2 Å². The van der Waals surface area contributed by atoms with Crippen molar-refractivity contribution in [2.24, 2.45) is 0 Å². The van der Waals surface area contributed by atoms with Crippen molar-refractivity contribution < 1.29 is 14.0 Å². The van der Waals surface area contributed by atoms with Gasteiger partial charge >= 0.3 is 0 Å². The molecule has 1 atom stereocenters. The van der Waals surface area contributed by atoms with E-state index in [1.807, 2.05) is 17.0 Å². The van der Waals surface area contributed by atoms with Crippen LogP contribution in [0.3, 0.4) is 0 Å². The van der Waals surface area contributed by atoms with Crippen LogP contribution in [0, 0.1) is 0 Å². The number of aromatic nitrogens is 1. The summed E-state index contributed by atoms with van der Waals surface area (Å²) < 4.78 is 5.35. The first kappa shape index (κ1) is 15.9. The lowest BCUT2D eigenvalue weighted by atomic mass is 10.1. The van der Waals surface area contributed by atoms with E-state index < -0.39 is 0 Å². The van der Waals surface area contributed by atoms with E-state index in [0.29, 0.717) is 25.3 Å². The largest absolute Gasteiger partial charge is 0.448 e. The number of hydrogen-bond donors (Lipinski definition) is 1. The quantitative estimate of drug-likeness (QED) is 0.908. The Hall–Kier alpha value is -2.63. The Morgan fingerprint density at radius 2 is 2.12 bits per heavy atom. The van der Waals surface area contributed by atoms with Gasteiger partial charge in [-0.05, 0) is 30.9 Å². The van der Waals surface area contributed by atoms with Crippen LogP contribution in [0.5, 0.6) is 0 Å². The van der Waals surface area contributed by atoms with Crippen LogP contribution in [0.25, 0.3) is 0 Å². The van der Waals surface area contributed by atoms with Crippen LogP contribution < -0.4 is 5.32 Å². The number of carbonyl (C=O) groups excluding carboxylic acids is 2. The predicted octanol–water partition coefficient (Wildman–Crippen LogP) is 2.60. The summed E-state index contributed by atoms with van der Waals surface area (Å²) in [6.07, 6.45) is 4.15. The minimum Gasteiger partial charge on any atom is -0.448 e. The van der Waals surface area contributed by atoms with Crippen molar-refractivity contribution in [1.82, 2.24) is 15.2 Å². The number of hydrogen-bond acceptors (Lipinski definition) is 4. The van der Waals surface area contributed by atoms with Crippen molar-refractivity contribution in [3.05, 3.63) is 53.2 Å².